The number of carbonyl (C=O) groups is 1. The molecular formula is C20H17F3N2O3S. The average molecular weight is 422 g/mol. The van der Waals surface area contributed by atoms with Crippen molar-refractivity contribution in [3.63, 3.8) is 0 Å². The van der Waals surface area contributed by atoms with Crippen molar-refractivity contribution in [3.05, 3.63) is 59.0 Å². The summed E-state index contributed by atoms with van der Waals surface area (Å²) in [6.45, 7) is 0. The van der Waals surface area contributed by atoms with Crippen LogP contribution < -0.4 is 14.8 Å². The zero-order valence-electron chi connectivity index (χ0n) is 15.5. The number of nitrogens with one attached hydrogen (secondary N) is 1. The molecule has 0 fully saturated rings. The first kappa shape index (κ1) is 20.7. The van der Waals surface area contributed by atoms with Gasteiger partial charge >= 0.3 is 6.18 Å². The van der Waals surface area contributed by atoms with Gasteiger partial charge in [0, 0.05) is 10.9 Å². The smallest absolute Gasteiger partial charge is 0.416 e. The molecule has 1 aromatic heterocycles. The summed E-state index contributed by atoms with van der Waals surface area (Å²) in [6.07, 6.45) is -4.46. The van der Waals surface area contributed by atoms with Gasteiger partial charge in [-0.2, -0.15) is 13.2 Å². The van der Waals surface area contributed by atoms with Gasteiger partial charge < -0.3 is 14.8 Å². The number of benzene rings is 2. The largest absolute Gasteiger partial charge is 0.497 e. The van der Waals surface area contributed by atoms with E-state index >= 15 is 0 Å². The SMILES string of the molecule is COc1ccc(OC)c(-c2csc(NC(=O)Cc3ccc(C(F)(F)F)cc3)n2)c1. The predicted molar refractivity (Wildman–Crippen MR) is 104 cm³/mol. The van der Waals surface area contributed by atoms with Crippen molar-refractivity contribution < 1.29 is 27.4 Å². The lowest BCUT2D eigenvalue weighted by atomic mass is 10.1. The van der Waals surface area contributed by atoms with Crippen molar-refractivity contribution in [3.8, 4) is 22.8 Å². The molecule has 152 valence electrons. The third-order valence-electron chi connectivity index (χ3n) is 4.08. The van der Waals surface area contributed by atoms with Crippen LogP contribution in [0.15, 0.2) is 47.8 Å². The lowest BCUT2D eigenvalue weighted by Gasteiger charge is -2.08. The number of thiazole rings is 1. The molecule has 0 saturated heterocycles. The molecule has 2 aromatic carbocycles. The fraction of sp³-hybridized carbons (Fsp3) is 0.200. The van der Waals surface area contributed by atoms with Crippen LogP contribution in [0.2, 0.25) is 0 Å². The molecule has 0 aliphatic rings. The number of amides is 1. The number of alkyl halides is 3. The molecule has 1 amide bonds. The Labute approximate surface area is 169 Å². The third-order valence-corrected chi connectivity index (χ3v) is 4.84. The van der Waals surface area contributed by atoms with Gasteiger partial charge in [-0.25, -0.2) is 4.98 Å². The molecule has 0 aliphatic heterocycles. The van der Waals surface area contributed by atoms with Crippen molar-refractivity contribution in [1.29, 1.82) is 0 Å². The summed E-state index contributed by atoms with van der Waals surface area (Å²) in [5, 5.41) is 4.81. The first-order valence-electron chi connectivity index (χ1n) is 8.44. The van der Waals surface area contributed by atoms with Crippen molar-refractivity contribution in [2.45, 2.75) is 12.6 Å². The van der Waals surface area contributed by atoms with Gasteiger partial charge in [0.05, 0.1) is 31.9 Å². The summed E-state index contributed by atoms with van der Waals surface area (Å²) >= 11 is 1.23. The van der Waals surface area contributed by atoms with Crippen molar-refractivity contribution in [2.75, 3.05) is 19.5 Å². The lowest BCUT2D eigenvalue weighted by Crippen LogP contribution is -2.14. The molecule has 0 aliphatic carbocycles. The Balaban J connectivity index is 1.69. The highest BCUT2D eigenvalue weighted by Gasteiger charge is 2.30. The maximum Gasteiger partial charge on any atom is 0.416 e. The molecule has 0 radical (unpaired) electrons. The minimum absolute atomic E-state index is 0.0600. The Morgan fingerprint density at radius 3 is 2.45 bits per heavy atom. The fourth-order valence-corrected chi connectivity index (χ4v) is 3.36. The summed E-state index contributed by atoms with van der Waals surface area (Å²) in [4.78, 5) is 16.6. The Morgan fingerprint density at radius 1 is 1.10 bits per heavy atom. The average Bonchev–Trinajstić information content (AvgIpc) is 3.15. The number of hydrogen-bond donors (Lipinski definition) is 1. The number of hydrogen-bond acceptors (Lipinski definition) is 5. The van der Waals surface area contributed by atoms with Gasteiger partial charge in [-0.1, -0.05) is 12.1 Å². The maximum absolute atomic E-state index is 12.6. The second-order valence-corrected chi connectivity index (χ2v) is 6.88. The quantitative estimate of drug-likeness (QED) is 0.606. The summed E-state index contributed by atoms with van der Waals surface area (Å²) < 4.78 is 48.4. The van der Waals surface area contributed by atoms with Crippen molar-refractivity contribution in [1.82, 2.24) is 4.98 Å². The number of carbonyl (C=O) groups excluding carboxylic acids is 1. The van der Waals surface area contributed by atoms with Gasteiger partial charge in [0.2, 0.25) is 5.91 Å². The van der Waals surface area contributed by atoms with E-state index in [2.05, 4.69) is 10.3 Å². The molecule has 3 aromatic rings. The number of anilines is 1. The normalized spacial score (nSPS) is 11.2. The summed E-state index contributed by atoms with van der Waals surface area (Å²) in [6, 6.07) is 9.80. The lowest BCUT2D eigenvalue weighted by molar-refractivity contribution is -0.137. The Bertz CT molecular complexity index is 1000. The number of rotatable bonds is 6. The van der Waals surface area contributed by atoms with E-state index in [0.29, 0.717) is 33.5 Å². The van der Waals surface area contributed by atoms with E-state index in [-0.39, 0.29) is 12.3 Å². The van der Waals surface area contributed by atoms with Gasteiger partial charge in [0.25, 0.3) is 0 Å². The number of halogens is 3. The maximum atomic E-state index is 12.6. The monoisotopic (exact) mass is 422 g/mol. The molecule has 0 atom stereocenters. The topological polar surface area (TPSA) is 60.5 Å². The van der Waals surface area contributed by atoms with Crippen LogP contribution in [0.1, 0.15) is 11.1 Å². The van der Waals surface area contributed by atoms with Crippen LogP contribution in [0, 0.1) is 0 Å². The molecule has 9 heteroatoms. The number of aromatic nitrogens is 1. The standard InChI is InChI=1S/C20H17F3N2O3S/c1-27-14-7-8-17(28-2)15(10-14)16-11-29-19(24-16)25-18(26)9-12-3-5-13(6-4-12)20(21,22)23/h3-8,10-11H,9H2,1-2H3,(H,24,25,26). The van der Waals surface area contributed by atoms with Crippen LogP contribution in [-0.4, -0.2) is 25.1 Å². The molecule has 29 heavy (non-hydrogen) atoms. The summed E-state index contributed by atoms with van der Waals surface area (Å²) in [5.74, 6) is 0.878. The highest BCUT2D eigenvalue weighted by Crippen LogP contribution is 2.35. The molecule has 1 N–H and O–H groups in total. The Kier molecular flexibility index (Phi) is 6.07. The zero-order valence-corrected chi connectivity index (χ0v) is 16.4. The zero-order chi connectivity index (χ0) is 21.0. The Morgan fingerprint density at radius 2 is 1.83 bits per heavy atom. The van der Waals surface area contributed by atoms with Crippen molar-refractivity contribution in [2.24, 2.45) is 0 Å². The highest BCUT2D eigenvalue weighted by atomic mass is 32.1. The number of ether oxygens (including phenoxy) is 2. The van der Waals surface area contributed by atoms with Gasteiger partial charge in [0.15, 0.2) is 5.13 Å². The number of nitrogens with zero attached hydrogens (tertiary/aromatic N) is 1. The molecular weight excluding hydrogens is 405 g/mol. The number of methoxy groups -OCH3 is 2. The van der Waals surface area contributed by atoms with Crippen molar-refractivity contribution >= 4 is 22.4 Å². The Hall–Kier alpha value is -3.07. The second kappa shape index (κ2) is 8.52. The first-order chi connectivity index (χ1) is 13.8. The molecule has 5 nitrogen and oxygen atoms in total. The van der Waals surface area contributed by atoms with E-state index < -0.39 is 11.7 Å². The van der Waals surface area contributed by atoms with E-state index in [9.17, 15) is 18.0 Å². The van der Waals surface area contributed by atoms with Crippen LogP contribution in [-0.2, 0) is 17.4 Å². The summed E-state index contributed by atoms with van der Waals surface area (Å²) in [5.41, 5.74) is 1.04. The van der Waals surface area contributed by atoms with E-state index in [1.54, 1.807) is 37.8 Å². The van der Waals surface area contributed by atoms with E-state index in [4.69, 9.17) is 9.47 Å². The van der Waals surface area contributed by atoms with Gasteiger partial charge in [-0.15, -0.1) is 11.3 Å². The van der Waals surface area contributed by atoms with Crippen LogP contribution in [0.4, 0.5) is 18.3 Å². The van der Waals surface area contributed by atoms with Crippen LogP contribution >= 0.6 is 11.3 Å². The van der Waals surface area contributed by atoms with E-state index in [1.165, 1.54) is 23.5 Å². The molecule has 0 spiro atoms. The van der Waals surface area contributed by atoms with E-state index in [0.717, 1.165) is 12.1 Å². The second-order valence-electron chi connectivity index (χ2n) is 6.02. The molecule has 0 unspecified atom stereocenters. The van der Waals surface area contributed by atoms with Gasteiger partial charge in [-0.05, 0) is 35.9 Å². The molecule has 1 heterocycles. The van der Waals surface area contributed by atoms with Crippen LogP contribution in [0.3, 0.4) is 0 Å². The summed E-state index contributed by atoms with van der Waals surface area (Å²) in [7, 11) is 3.10. The molecule has 3 rings (SSSR count). The van der Waals surface area contributed by atoms with Gasteiger partial charge in [0.1, 0.15) is 11.5 Å². The third kappa shape index (κ3) is 5.05. The van der Waals surface area contributed by atoms with Gasteiger partial charge in [-0.3, -0.25) is 4.79 Å². The minimum Gasteiger partial charge on any atom is -0.497 e. The van der Waals surface area contributed by atoms with Crippen LogP contribution in [0.25, 0.3) is 11.3 Å². The van der Waals surface area contributed by atoms with Crippen LogP contribution in [0.5, 0.6) is 11.5 Å². The first-order valence-corrected chi connectivity index (χ1v) is 9.32. The molecule has 0 saturated carbocycles. The fourth-order valence-electron chi connectivity index (χ4n) is 2.63. The highest BCUT2D eigenvalue weighted by molar-refractivity contribution is 7.14. The molecule has 0 bridgehead atoms. The predicted octanol–water partition coefficient (Wildman–Crippen LogP) is 5.03. The minimum atomic E-state index is -4.40. The van der Waals surface area contributed by atoms with E-state index in [1.807, 2.05) is 0 Å².